The van der Waals surface area contributed by atoms with Gasteiger partial charge in [0.2, 0.25) is 5.91 Å². The molecule has 6 nitrogen and oxygen atoms in total. The number of methoxy groups -OCH3 is 1. The summed E-state index contributed by atoms with van der Waals surface area (Å²) in [6, 6.07) is 14.9. The van der Waals surface area contributed by atoms with Crippen molar-refractivity contribution in [1.29, 1.82) is 0 Å². The van der Waals surface area contributed by atoms with Gasteiger partial charge in [-0.05, 0) is 50.2 Å². The molecule has 1 N–H and O–H groups in total. The second kappa shape index (κ2) is 8.89. The number of carbonyl (C=O) groups is 2. The van der Waals surface area contributed by atoms with Crippen LogP contribution in [0.4, 0.5) is 11.4 Å². The topological polar surface area (TPSA) is 61.9 Å². The zero-order valence-electron chi connectivity index (χ0n) is 16.6. The van der Waals surface area contributed by atoms with E-state index in [-0.39, 0.29) is 17.7 Å². The van der Waals surface area contributed by atoms with Gasteiger partial charge in [0.05, 0.1) is 18.8 Å². The number of nitrogens with zero attached hydrogens (tertiary/aromatic N) is 2. The molecular formula is C22H27N3O3. The smallest absolute Gasteiger partial charge is 0.241 e. The van der Waals surface area contributed by atoms with Crippen LogP contribution in [-0.2, 0) is 4.79 Å². The first-order valence-electron chi connectivity index (χ1n) is 9.53. The van der Waals surface area contributed by atoms with E-state index in [1.54, 1.807) is 14.0 Å². The molecule has 0 radical (unpaired) electrons. The molecule has 28 heavy (non-hydrogen) atoms. The number of hydrogen-bond donors (Lipinski definition) is 1. The number of benzene rings is 2. The molecule has 2 aromatic carbocycles. The third kappa shape index (κ3) is 4.51. The van der Waals surface area contributed by atoms with Crippen molar-refractivity contribution >= 4 is 23.1 Å². The zero-order chi connectivity index (χ0) is 20.1. The number of nitrogens with one attached hydrogen (secondary N) is 1. The minimum absolute atomic E-state index is 0.0382. The Morgan fingerprint density at radius 2 is 1.64 bits per heavy atom. The van der Waals surface area contributed by atoms with Crippen LogP contribution in [0.15, 0.2) is 48.5 Å². The first-order chi connectivity index (χ1) is 13.5. The first kappa shape index (κ1) is 19.9. The summed E-state index contributed by atoms with van der Waals surface area (Å²) in [5.74, 6) is 0.692. The van der Waals surface area contributed by atoms with Crippen molar-refractivity contribution in [3.05, 3.63) is 54.1 Å². The monoisotopic (exact) mass is 381 g/mol. The number of anilines is 2. The molecule has 1 aliphatic heterocycles. The normalized spacial score (nSPS) is 15.8. The number of para-hydroxylation sites is 2. The number of carbonyl (C=O) groups excluding carboxylic acids is 2. The van der Waals surface area contributed by atoms with Crippen molar-refractivity contribution < 1.29 is 14.3 Å². The molecule has 1 amide bonds. The van der Waals surface area contributed by atoms with Gasteiger partial charge < -0.3 is 15.0 Å². The lowest BCUT2D eigenvalue weighted by atomic mass is 10.1. The predicted molar refractivity (Wildman–Crippen MR) is 111 cm³/mol. The number of amides is 1. The van der Waals surface area contributed by atoms with Crippen LogP contribution in [-0.4, -0.2) is 55.9 Å². The molecule has 0 unspecified atom stereocenters. The van der Waals surface area contributed by atoms with E-state index >= 15 is 0 Å². The minimum atomic E-state index is -0.229. The van der Waals surface area contributed by atoms with Crippen LogP contribution in [0.2, 0.25) is 0 Å². The van der Waals surface area contributed by atoms with Crippen LogP contribution in [0.3, 0.4) is 0 Å². The first-order valence-corrected chi connectivity index (χ1v) is 9.53. The predicted octanol–water partition coefficient (Wildman–Crippen LogP) is 3.05. The summed E-state index contributed by atoms with van der Waals surface area (Å²) in [7, 11) is 1.59. The molecule has 0 aliphatic carbocycles. The molecular weight excluding hydrogens is 354 g/mol. The maximum absolute atomic E-state index is 12.7. The van der Waals surface area contributed by atoms with Crippen molar-refractivity contribution in [2.24, 2.45) is 0 Å². The van der Waals surface area contributed by atoms with Gasteiger partial charge in [0.25, 0.3) is 0 Å². The van der Waals surface area contributed by atoms with E-state index in [9.17, 15) is 9.59 Å². The van der Waals surface area contributed by atoms with E-state index in [1.807, 2.05) is 55.5 Å². The van der Waals surface area contributed by atoms with E-state index in [2.05, 4.69) is 15.1 Å². The maximum Gasteiger partial charge on any atom is 0.241 e. The third-order valence-corrected chi connectivity index (χ3v) is 5.25. The zero-order valence-corrected chi connectivity index (χ0v) is 16.6. The SMILES string of the molecule is COc1ccccc1NC(=O)[C@H](C)N1CCN(c2ccc(C(C)=O)cc2)CC1. The molecule has 2 aromatic rings. The molecule has 1 fully saturated rings. The highest BCUT2D eigenvalue weighted by molar-refractivity contribution is 5.96. The van der Waals surface area contributed by atoms with Crippen molar-refractivity contribution in [3.63, 3.8) is 0 Å². The molecule has 1 atom stereocenters. The van der Waals surface area contributed by atoms with Crippen LogP contribution < -0.4 is 15.0 Å². The van der Waals surface area contributed by atoms with Gasteiger partial charge in [-0.25, -0.2) is 0 Å². The summed E-state index contributed by atoms with van der Waals surface area (Å²) in [4.78, 5) is 28.6. The van der Waals surface area contributed by atoms with Gasteiger partial charge in [-0.1, -0.05) is 12.1 Å². The Labute approximate surface area is 166 Å². The van der Waals surface area contributed by atoms with Gasteiger partial charge in [-0.15, -0.1) is 0 Å². The van der Waals surface area contributed by atoms with Crippen LogP contribution in [0.25, 0.3) is 0 Å². The van der Waals surface area contributed by atoms with Crippen LogP contribution in [0.1, 0.15) is 24.2 Å². The molecule has 1 saturated heterocycles. The van der Waals surface area contributed by atoms with Gasteiger partial charge in [-0.2, -0.15) is 0 Å². The maximum atomic E-state index is 12.7. The Bertz CT molecular complexity index is 827. The molecule has 0 saturated carbocycles. The number of ether oxygens (including phenoxy) is 1. The Morgan fingerprint density at radius 3 is 2.25 bits per heavy atom. The minimum Gasteiger partial charge on any atom is -0.495 e. The molecule has 3 rings (SSSR count). The van der Waals surface area contributed by atoms with E-state index in [1.165, 1.54) is 0 Å². The summed E-state index contributed by atoms with van der Waals surface area (Å²) in [6.07, 6.45) is 0. The highest BCUT2D eigenvalue weighted by Crippen LogP contribution is 2.24. The van der Waals surface area contributed by atoms with Crippen molar-refractivity contribution in [1.82, 2.24) is 4.90 Å². The summed E-state index contributed by atoms with van der Waals surface area (Å²) >= 11 is 0. The van der Waals surface area contributed by atoms with E-state index < -0.39 is 0 Å². The van der Waals surface area contributed by atoms with Gasteiger partial charge in [-0.3, -0.25) is 14.5 Å². The molecule has 0 aromatic heterocycles. The second-order valence-electron chi connectivity index (χ2n) is 6.99. The van der Waals surface area contributed by atoms with Gasteiger partial charge in [0.1, 0.15) is 5.75 Å². The third-order valence-electron chi connectivity index (χ3n) is 5.25. The highest BCUT2D eigenvalue weighted by atomic mass is 16.5. The Balaban J connectivity index is 1.56. The van der Waals surface area contributed by atoms with Crippen molar-refractivity contribution in [2.75, 3.05) is 43.5 Å². The lowest BCUT2D eigenvalue weighted by Gasteiger charge is -2.38. The fourth-order valence-electron chi connectivity index (χ4n) is 3.43. The Morgan fingerprint density at radius 1 is 1.00 bits per heavy atom. The average Bonchev–Trinajstić information content (AvgIpc) is 2.73. The molecule has 0 bridgehead atoms. The summed E-state index contributed by atoms with van der Waals surface area (Å²) in [6.45, 7) is 6.79. The molecule has 6 heteroatoms. The number of rotatable bonds is 6. The van der Waals surface area contributed by atoms with Crippen molar-refractivity contribution in [3.8, 4) is 5.75 Å². The van der Waals surface area contributed by atoms with Gasteiger partial charge >= 0.3 is 0 Å². The molecule has 1 aliphatic rings. The lowest BCUT2D eigenvalue weighted by Crippen LogP contribution is -2.52. The van der Waals surface area contributed by atoms with Crippen molar-refractivity contribution in [2.45, 2.75) is 19.9 Å². The van der Waals surface area contributed by atoms with Crippen LogP contribution >= 0.6 is 0 Å². The van der Waals surface area contributed by atoms with Gasteiger partial charge in [0, 0.05) is 37.4 Å². The fourth-order valence-corrected chi connectivity index (χ4v) is 3.43. The van der Waals surface area contributed by atoms with E-state index in [0.717, 1.165) is 37.4 Å². The average molecular weight is 381 g/mol. The molecule has 1 heterocycles. The van der Waals surface area contributed by atoms with Crippen LogP contribution in [0.5, 0.6) is 5.75 Å². The standard InChI is InChI=1S/C22H27N3O3/c1-16(22(27)23-20-6-4-5-7-21(20)28-3)24-12-14-25(15-13-24)19-10-8-18(9-11-19)17(2)26/h4-11,16H,12-15H2,1-3H3,(H,23,27)/t16-/m0/s1. The largest absolute Gasteiger partial charge is 0.495 e. The quantitative estimate of drug-likeness (QED) is 0.780. The summed E-state index contributed by atoms with van der Waals surface area (Å²) in [5, 5.41) is 2.97. The Hall–Kier alpha value is -2.86. The molecule has 148 valence electrons. The van der Waals surface area contributed by atoms with E-state index in [4.69, 9.17) is 4.74 Å². The van der Waals surface area contributed by atoms with Gasteiger partial charge in [0.15, 0.2) is 5.78 Å². The number of ketones is 1. The fraction of sp³-hybridized carbons (Fsp3) is 0.364. The number of hydrogen-bond acceptors (Lipinski definition) is 5. The highest BCUT2D eigenvalue weighted by Gasteiger charge is 2.26. The second-order valence-corrected chi connectivity index (χ2v) is 6.99. The molecule has 0 spiro atoms. The number of Topliss-reactive ketones (excluding diaryl/α,β-unsaturated/α-hetero) is 1. The number of piperazine rings is 1. The Kier molecular flexibility index (Phi) is 6.31. The summed E-state index contributed by atoms with van der Waals surface area (Å²) < 4.78 is 5.30. The van der Waals surface area contributed by atoms with Crippen LogP contribution in [0, 0.1) is 0 Å². The lowest BCUT2D eigenvalue weighted by molar-refractivity contribution is -0.120. The summed E-state index contributed by atoms with van der Waals surface area (Å²) in [5.41, 5.74) is 2.52. The van der Waals surface area contributed by atoms with E-state index in [0.29, 0.717) is 11.4 Å².